The Labute approximate surface area is 124 Å². The van der Waals surface area contributed by atoms with Gasteiger partial charge in [0.05, 0.1) is 0 Å². The normalized spacial score (nSPS) is 14.1. The predicted molar refractivity (Wildman–Crippen MR) is 82.1 cm³/mol. The summed E-state index contributed by atoms with van der Waals surface area (Å²) in [5, 5.41) is 8.94. The SMILES string of the molecule is N#Cc1cc(CN(Cc2ccc(N)cc2)C2CC2)ccn1. The molecule has 0 saturated heterocycles. The summed E-state index contributed by atoms with van der Waals surface area (Å²) in [5.41, 5.74) is 9.42. The molecule has 1 aliphatic rings. The fourth-order valence-corrected chi connectivity index (χ4v) is 2.48. The van der Waals surface area contributed by atoms with Crippen molar-refractivity contribution in [2.24, 2.45) is 0 Å². The van der Waals surface area contributed by atoms with E-state index >= 15 is 0 Å². The molecule has 0 unspecified atom stereocenters. The lowest BCUT2D eigenvalue weighted by Crippen LogP contribution is -2.25. The van der Waals surface area contributed by atoms with E-state index in [0.717, 1.165) is 24.3 Å². The fourth-order valence-electron chi connectivity index (χ4n) is 2.48. The minimum absolute atomic E-state index is 0.482. The van der Waals surface area contributed by atoms with Crippen molar-refractivity contribution < 1.29 is 0 Å². The highest BCUT2D eigenvalue weighted by molar-refractivity contribution is 5.39. The Kier molecular flexibility index (Phi) is 3.85. The van der Waals surface area contributed by atoms with Gasteiger partial charge in [0.25, 0.3) is 0 Å². The summed E-state index contributed by atoms with van der Waals surface area (Å²) in [6, 6.07) is 14.7. The van der Waals surface area contributed by atoms with Gasteiger partial charge in [0.15, 0.2) is 0 Å². The van der Waals surface area contributed by atoms with Gasteiger partial charge in [0.1, 0.15) is 11.8 Å². The first-order valence-corrected chi connectivity index (χ1v) is 7.18. The van der Waals surface area contributed by atoms with Gasteiger partial charge in [-0.2, -0.15) is 5.26 Å². The first-order chi connectivity index (χ1) is 10.2. The molecule has 0 radical (unpaired) electrons. The summed E-state index contributed by atoms with van der Waals surface area (Å²) in [4.78, 5) is 6.49. The molecule has 0 amide bonds. The molecular formula is C17H18N4. The van der Waals surface area contributed by atoms with Gasteiger partial charge in [-0.25, -0.2) is 4.98 Å². The Morgan fingerprint density at radius 1 is 1.14 bits per heavy atom. The van der Waals surface area contributed by atoms with Crippen molar-refractivity contribution in [3.8, 4) is 6.07 Å². The number of aromatic nitrogens is 1. The fraction of sp³-hybridized carbons (Fsp3) is 0.294. The van der Waals surface area contributed by atoms with Crippen LogP contribution in [-0.4, -0.2) is 15.9 Å². The molecule has 1 aliphatic carbocycles. The predicted octanol–water partition coefficient (Wildman–Crippen LogP) is 2.70. The van der Waals surface area contributed by atoms with Gasteiger partial charge in [-0.1, -0.05) is 12.1 Å². The second-order valence-corrected chi connectivity index (χ2v) is 5.54. The van der Waals surface area contributed by atoms with E-state index in [1.165, 1.54) is 18.4 Å². The average molecular weight is 278 g/mol. The summed E-state index contributed by atoms with van der Waals surface area (Å²) >= 11 is 0. The molecule has 0 aliphatic heterocycles. The van der Waals surface area contributed by atoms with E-state index in [1.54, 1.807) is 6.20 Å². The van der Waals surface area contributed by atoms with Gasteiger partial charge in [0.2, 0.25) is 0 Å². The molecule has 4 nitrogen and oxygen atoms in total. The second kappa shape index (κ2) is 5.94. The van der Waals surface area contributed by atoms with Crippen LogP contribution in [0.3, 0.4) is 0 Å². The summed E-state index contributed by atoms with van der Waals surface area (Å²) < 4.78 is 0. The second-order valence-electron chi connectivity index (χ2n) is 5.54. The zero-order chi connectivity index (χ0) is 14.7. The maximum absolute atomic E-state index is 8.94. The molecule has 2 aromatic rings. The third-order valence-corrected chi connectivity index (χ3v) is 3.75. The van der Waals surface area contributed by atoms with E-state index in [-0.39, 0.29) is 0 Å². The average Bonchev–Trinajstić information content (AvgIpc) is 3.34. The Morgan fingerprint density at radius 3 is 2.52 bits per heavy atom. The smallest absolute Gasteiger partial charge is 0.140 e. The Morgan fingerprint density at radius 2 is 1.86 bits per heavy atom. The van der Waals surface area contributed by atoms with E-state index in [0.29, 0.717) is 11.7 Å². The van der Waals surface area contributed by atoms with Gasteiger partial charge in [-0.15, -0.1) is 0 Å². The monoisotopic (exact) mass is 278 g/mol. The number of pyridine rings is 1. The van der Waals surface area contributed by atoms with Crippen LogP contribution in [0, 0.1) is 11.3 Å². The largest absolute Gasteiger partial charge is 0.399 e. The van der Waals surface area contributed by atoms with Crippen LogP contribution in [0.15, 0.2) is 42.6 Å². The van der Waals surface area contributed by atoms with Crippen molar-refractivity contribution in [1.29, 1.82) is 5.26 Å². The quantitative estimate of drug-likeness (QED) is 0.854. The molecule has 2 N–H and O–H groups in total. The summed E-state index contributed by atoms with van der Waals surface area (Å²) in [6.45, 7) is 1.77. The molecule has 4 heteroatoms. The summed E-state index contributed by atoms with van der Waals surface area (Å²) in [5.74, 6) is 0. The molecule has 1 fully saturated rings. The minimum atomic E-state index is 0.482. The number of hydrogen-bond donors (Lipinski definition) is 1. The van der Waals surface area contributed by atoms with Crippen LogP contribution in [0.25, 0.3) is 0 Å². The summed E-state index contributed by atoms with van der Waals surface area (Å²) in [6.07, 6.45) is 4.22. The van der Waals surface area contributed by atoms with E-state index in [2.05, 4.69) is 28.1 Å². The molecule has 0 spiro atoms. The number of nitrogens with two attached hydrogens (primary N) is 1. The highest BCUT2D eigenvalue weighted by Crippen LogP contribution is 2.30. The van der Waals surface area contributed by atoms with Crippen LogP contribution in [-0.2, 0) is 13.1 Å². The third-order valence-electron chi connectivity index (χ3n) is 3.75. The van der Waals surface area contributed by atoms with E-state index in [1.807, 2.05) is 24.3 Å². The van der Waals surface area contributed by atoms with Crippen molar-refractivity contribution in [2.45, 2.75) is 32.0 Å². The van der Waals surface area contributed by atoms with Crippen molar-refractivity contribution in [3.63, 3.8) is 0 Å². The number of benzene rings is 1. The van der Waals surface area contributed by atoms with Gasteiger partial charge < -0.3 is 5.73 Å². The lowest BCUT2D eigenvalue weighted by molar-refractivity contribution is 0.245. The number of nitrogen functional groups attached to an aromatic ring is 1. The number of nitrogens with zero attached hydrogens (tertiary/aromatic N) is 3. The first-order valence-electron chi connectivity index (χ1n) is 7.18. The molecule has 106 valence electrons. The zero-order valence-corrected chi connectivity index (χ0v) is 11.9. The van der Waals surface area contributed by atoms with Crippen molar-refractivity contribution >= 4 is 5.69 Å². The lowest BCUT2D eigenvalue weighted by Gasteiger charge is -2.22. The molecule has 0 bridgehead atoms. The maximum Gasteiger partial charge on any atom is 0.140 e. The summed E-state index contributed by atoms with van der Waals surface area (Å²) in [7, 11) is 0. The van der Waals surface area contributed by atoms with E-state index in [4.69, 9.17) is 11.0 Å². The van der Waals surface area contributed by atoms with Crippen LogP contribution in [0.2, 0.25) is 0 Å². The molecule has 1 saturated carbocycles. The standard InChI is InChI=1S/C17H18N4/c18-10-16-9-14(7-8-20-16)12-21(17-5-6-17)11-13-1-3-15(19)4-2-13/h1-4,7-9,17H,5-6,11-12,19H2. The highest BCUT2D eigenvalue weighted by Gasteiger charge is 2.28. The third kappa shape index (κ3) is 3.59. The first kappa shape index (κ1) is 13.6. The lowest BCUT2D eigenvalue weighted by atomic mass is 10.1. The minimum Gasteiger partial charge on any atom is -0.399 e. The number of rotatable bonds is 5. The zero-order valence-electron chi connectivity index (χ0n) is 11.9. The van der Waals surface area contributed by atoms with Crippen molar-refractivity contribution in [2.75, 3.05) is 5.73 Å². The van der Waals surface area contributed by atoms with Crippen LogP contribution < -0.4 is 5.73 Å². The van der Waals surface area contributed by atoms with Crippen molar-refractivity contribution in [1.82, 2.24) is 9.88 Å². The Bertz CT molecular complexity index is 653. The van der Waals surface area contributed by atoms with Gasteiger partial charge >= 0.3 is 0 Å². The van der Waals surface area contributed by atoms with Gasteiger partial charge in [-0.05, 0) is 48.2 Å². The number of anilines is 1. The van der Waals surface area contributed by atoms with Gasteiger partial charge in [-0.3, -0.25) is 4.90 Å². The van der Waals surface area contributed by atoms with Crippen molar-refractivity contribution in [3.05, 3.63) is 59.4 Å². The molecule has 1 aromatic carbocycles. The van der Waals surface area contributed by atoms with Crippen LogP contribution in [0.5, 0.6) is 0 Å². The van der Waals surface area contributed by atoms with Gasteiger partial charge in [0, 0.05) is 31.0 Å². The molecular weight excluding hydrogens is 260 g/mol. The van der Waals surface area contributed by atoms with Crippen LogP contribution in [0.1, 0.15) is 29.7 Å². The van der Waals surface area contributed by atoms with Crippen LogP contribution in [0.4, 0.5) is 5.69 Å². The molecule has 1 aromatic heterocycles. The topological polar surface area (TPSA) is 65.9 Å². The Hall–Kier alpha value is -2.38. The maximum atomic E-state index is 8.94. The van der Waals surface area contributed by atoms with E-state index < -0.39 is 0 Å². The Balaban J connectivity index is 1.72. The molecule has 1 heterocycles. The van der Waals surface area contributed by atoms with E-state index in [9.17, 15) is 0 Å². The molecule has 3 rings (SSSR count). The molecule has 0 atom stereocenters. The molecule has 21 heavy (non-hydrogen) atoms. The van der Waals surface area contributed by atoms with Crippen LogP contribution >= 0.6 is 0 Å². The highest BCUT2D eigenvalue weighted by atomic mass is 15.2. The number of nitriles is 1. The number of hydrogen-bond acceptors (Lipinski definition) is 4.